The lowest BCUT2D eigenvalue weighted by Gasteiger charge is -2.19. The molecular formula is C22H17NO. The Hall–Kier alpha value is -2.61. The number of hydrogen-bond donors (Lipinski definition) is 0. The van der Waals surface area contributed by atoms with Crippen LogP contribution >= 0.6 is 0 Å². The molecule has 2 heterocycles. The van der Waals surface area contributed by atoms with Gasteiger partial charge in [-0.25, -0.2) is 4.98 Å². The number of rotatable bonds is 1. The first-order valence-electron chi connectivity index (χ1n) is 8.80. The molecule has 2 aliphatic rings. The summed E-state index contributed by atoms with van der Waals surface area (Å²) in [4.78, 5) is 5.04. The lowest BCUT2D eigenvalue weighted by atomic mass is 9.87. The van der Waals surface area contributed by atoms with E-state index >= 15 is 0 Å². The molecule has 2 atom stereocenters. The number of furan rings is 1. The van der Waals surface area contributed by atoms with Crippen LogP contribution in [0.1, 0.15) is 42.2 Å². The van der Waals surface area contributed by atoms with E-state index in [1.54, 1.807) is 5.56 Å². The average Bonchev–Trinajstić information content (AvgIpc) is 3.35. The summed E-state index contributed by atoms with van der Waals surface area (Å²) in [6.07, 6.45) is 3.91. The molecule has 2 heteroatoms. The smallest absolute Gasteiger partial charge is 0.154 e. The fraction of sp³-hybridized carbons (Fsp3) is 0.227. The molecule has 2 nitrogen and oxygen atoms in total. The minimum absolute atomic E-state index is 0.658. The van der Waals surface area contributed by atoms with Crippen LogP contribution in [0.15, 0.2) is 59.0 Å². The SMILES string of the molecule is c1ccc2oc(-c3nc4ccccc4c4c3C3CCC4C3)cc2c1. The molecule has 24 heavy (non-hydrogen) atoms. The Morgan fingerprint density at radius 1 is 0.875 bits per heavy atom. The molecular weight excluding hydrogens is 294 g/mol. The third kappa shape index (κ3) is 1.58. The van der Waals surface area contributed by atoms with E-state index in [0.717, 1.165) is 27.9 Å². The van der Waals surface area contributed by atoms with E-state index in [-0.39, 0.29) is 0 Å². The first-order chi connectivity index (χ1) is 11.9. The van der Waals surface area contributed by atoms with Crippen LogP contribution in [0, 0.1) is 0 Å². The molecule has 0 amide bonds. The lowest BCUT2D eigenvalue weighted by Crippen LogP contribution is -2.03. The molecule has 1 fully saturated rings. The van der Waals surface area contributed by atoms with Gasteiger partial charge in [-0.05, 0) is 60.4 Å². The van der Waals surface area contributed by atoms with Crippen LogP contribution in [0.4, 0.5) is 0 Å². The van der Waals surface area contributed by atoms with Gasteiger partial charge in [-0.3, -0.25) is 0 Å². The van der Waals surface area contributed by atoms with Crippen molar-refractivity contribution in [2.24, 2.45) is 0 Å². The molecule has 6 rings (SSSR count). The van der Waals surface area contributed by atoms with Crippen LogP contribution in [0.2, 0.25) is 0 Å². The summed E-state index contributed by atoms with van der Waals surface area (Å²) >= 11 is 0. The fourth-order valence-electron chi connectivity index (χ4n) is 4.90. The highest BCUT2D eigenvalue weighted by atomic mass is 16.3. The predicted molar refractivity (Wildman–Crippen MR) is 96.3 cm³/mol. The molecule has 2 aromatic heterocycles. The Morgan fingerprint density at radius 2 is 1.67 bits per heavy atom. The van der Waals surface area contributed by atoms with Crippen LogP contribution in [-0.4, -0.2) is 4.98 Å². The zero-order valence-corrected chi connectivity index (χ0v) is 13.3. The van der Waals surface area contributed by atoms with E-state index in [4.69, 9.17) is 9.40 Å². The number of nitrogens with zero attached hydrogens (tertiary/aromatic N) is 1. The highest BCUT2D eigenvalue weighted by Crippen LogP contribution is 2.57. The van der Waals surface area contributed by atoms with E-state index < -0.39 is 0 Å². The quantitative estimate of drug-likeness (QED) is 0.430. The van der Waals surface area contributed by atoms with Gasteiger partial charge >= 0.3 is 0 Å². The van der Waals surface area contributed by atoms with Gasteiger partial charge in [0.25, 0.3) is 0 Å². The molecule has 0 radical (unpaired) electrons. The van der Waals surface area contributed by atoms with Gasteiger partial charge in [-0.1, -0.05) is 36.4 Å². The molecule has 116 valence electrons. The zero-order chi connectivity index (χ0) is 15.7. The second-order valence-corrected chi connectivity index (χ2v) is 7.16. The van der Waals surface area contributed by atoms with E-state index in [1.165, 1.54) is 30.2 Å². The van der Waals surface area contributed by atoms with Gasteiger partial charge in [0.2, 0.25) is 0 Å². The molecule has 1 saturated carbocycles. The summed E-state index contributed by atoms with van der Waals surface area (Å²) < 4.78 is 6.17. The number of para-hydroxylation sites is 2. The maximum Gasteiger partial charge on any atom is 0.154 e. The van der Waals surface area contributed by atoms with E-state index in [1.807, 2.05) is 12.1 Å². The molecule has 0 N–H and O–H groups in total. The van der Waals surface area contributed by atoms with E-state index in [9.17, 15) is 0 Å². The van der Waals surface area contributed by atoms with Crippen molar-refractivity contribution >= 4 is 21.9 Å². The van der Waals surface area contributed by atoms with Crippen molar-refractivity contribution in [2.75, 3.05) is 0 Å². The van der Waals surface area contributed by atoms with Crippen LogP contribution in [-0.2, 0) is 0 Å². The first kappa shape index (κ1) is 12.8. The standard InChI is InChI=1S/C22H17NO/c1-4-8-18-13(5-1)12-19(24-18)22-21-15-10-9-14(11-15)20(21)16-6-2-3-7-17(16)23-22/h1-8,12,14-15H,9-11H2. The predicted octanol–water partition coefficient (Wildman–Crippen LogP) is 6.01. The second kappa shape index (κ2) is 4.47. The van der Waals surface area contributed by atoms with Gasteiger partial charge in [0, 0.05) is 10.8 Å². The molecule has 2 aliphatic carbocycles. The largest absolute Gasteiger partial charge is 0.454 e. The molecule has 4 aromatic rings. The first-order valence-corrected chi connectivity index (χ1v) is 8.80. The Morgan fingerprint density at radius 3 is 2.58 bits per heavy atom. The molecule has 0 aliphatic heterocycles. The van der Waals surface area contributed by atoms with Crippen molar-refractivity contribution in [3.05, 3.63) is 65.7 Å². The number of fused-ring (bicyclic) bond motifs is 8. The fourth-order valence-corrected chi connectivity index (χ4v) is 4.90. The Bertz CT molecular complexity index is 1070. The minimum atomic E-state index is 0.658. The molecule has 2 aromatic carbocycles. The van der Waals surface area contributed by atoms with Gasteiger partial charge < -0.3 is 4.42 Å². The van der Waals surface area contributed by atoms with Crippen molar-refractivity contribution in [3.63, 3.8) is 0 Å². The highest BCUT2D eigenvalue weighted by molar-refractivity contribution is 5.90. The summed E-state index contributed by atoms with van der Waals surface area (Å²) in [5.41, 5.74) is 6.13. The van der Waals surface area contributed by atoms with E-state index in [2.05, 4.69) is 42.5 Å². The third-order valence-electron chi connectivity index (χ3n) is 5.88. The average molecular weight is 311 g/mol. The highest BCUT2D eigenvalue weighted by Gasteiger charge is 2.41. The summed E-state index contributed by atoms with van der Waals surface area (Å²) in [7, 11) is 0. The number of aromatic nitrogens is 1. The molecule has 0 saturated heterocycles. The topological polar surface area (TPSA) is 26.0 Å². The molecule has 0 spiro atoms. The van der Waals surface area contributed by atoms with Gasteiger partial charge in [0.1, 0.15) is 11.3 Å². The van der Waals surface area contributed by atoms with Crippen molar-refractivity contribution < 1.29 is 4.42 Å². The van der Waals surface area contributed by atoms with Crippen molar-refractivity contribution in [1.29, 1.82) is 0 Å². The van der Waals surface area contributed by atoms with Gasteiger partial charge in [0.15, 0.2) is 5.76 Å². The summed E-state index contributed by atoms with van der Waals surface area (Å²) in [5.74, 6) is 2.29. The van der Waals surface area contributed by atoms with Crippen LogP contribution in [0.25, 0.3) is 33.3 Å². The van der Waals surface area contributed by atoms with Gasteiger partial charge in [-0.2, -0.15) is 0 Å². The van der Waals surface area contributed by atoms with Gasteiger partial charge in [0.05, 0.1) is 5.52 Å². The maximum absolute atomic E-state index is 6.17. The minimum Gasteiger partial charge on any atom is -0.454 e. The van der Waals surface area contributed by atoms with Crippen LogP contribution in [0.3, 0.4) is 0 Å². The van der Waals surface area contributed by atoms with Gasteiger partial charge in [-0.15, -0.1) is 0 Å². The van der Waals surface area contributed by atoms with Crippen molar-refractivity contribution in [1.82, 2.24) is 4.98 Å². The summed E-state index contributed by atoms with van der Waals surface area (Å²) in [5, 5.41) is 2.50. The van der Waals surface area contributed by atoms with Crippen LogP contribution < -0.4 is 0 Å². The van der Waals surface area contributed by atoms with E-state index in [0.29, 0.717) is 11.8 Å². The number of benzene rings is 2. The molecule has 2 unspecified atom stereocenters. The van der Waals surface area contributed by atoms with Crippen LogP contribution in [0.5, 0.6) is 0 Å². The Labute approximate surface area is 140 Å². The monoisotopic (exact) mass is 311 g/mol. The Balaban J connectivity index is 1.71. The lowest BCUT2D eigenvalue weighted by molar-refractivity contribution is 0.624. The number of pyridine rings is 1. The van der Waals surface area contributed by atoms with Crippen molar-refractivity contribution in [3.8, 4) is 11.5 Å². The normalized spacial score (nSPS) is 21.7. The third-order valence-corrected chi connectivity index (χ3v) is 5.88. The maximum atomic E-state index is 6.17. The summed E-state index contributed by atoms with van der Waals surface area (Å²) in [6, 6.07) is 19.0. The summed E-state index contributed by atoms with van der Waals surface area (Å²) in [6.45, 7) is 0. The number of hydrogen-bond acceptors (Lipinski definition) is 2. The molecule has 2 bridgehead atoms. The Kier molecular flexibility index (Phi) is 2.38. The van der Waals surface area contributed by atoms with Crippen molar-refractivity contribution in [2.45, 2.75) is 31.1 Å². The zero-order valence-electron chi connectivity index (χ0n) is 13.3. The second-order valence-electron chi connectivity index (χ2n) is 7.16.